The Morgan fingerprint density at radius 1 is 1.06 bits per heavy atom. The van der Waals surface area contributed by atoms with Crippen LogP contribution in [0.4, 0.5) is 0 Å². The summed E-state index contributed by atoms with van der Waals surface area (Å²) in [5, 5.41) is 0. The molecule has 3 heteroatoms. The van der Waals surface area contributed by atoms with Crippen LogP contribution in [-0.2, 0) is 9.47 Å². The van der Waals surface area contributed by atoms with Crippen molar-refractivity contribution in [3.63, 3.8) is 0 Å². The van der Waals surface area contributed by atoms with Gasteiger partial charge in [0, 0.05) is 12.6 Å². The third-order valence-electron chi connectivity index (χ3n) is 3.40. The second-order valence-corrected chi connectivity index (χ2v) is 5.51. The van der Waals surface area contributed by atoms with Gasteiger partial charge in [-0.15, -0.1) is 0 Å². The zero-order valence-electron chi connectivity index (χ0n) is 11.5. The Hall–Kier alpha value is -0.120. The normalized spacial score (nSPS) is 26.1. The van der Waals surface area contributed by atoms with E-state index in [2.05, 4.69) is 13.8 Å². The lowest BCUT2D eigenvalue weighted by molar-refractivity contribution is -0.0100. The fraction of sp³-hybridized carbons (Fsp3) is 1.00. The Bertz CT molecular complexity index is 185. The van der Waals surface area contributed by atoms with E-state index in [1.165, 1.54) is 19.3 Å². The monoisotopic (exact) mass is 243 g/mol. The van der Waals surface area contributed by atoms with Gasteiger partial charge in [-0.1, -0.05) is 33.1 Å². The number of rotatable bonds is 7. The molecule has 17 heavy (non-hydrogen) atoms. The van der Waals surface area contributed by atoms with Crippen molar-refractivity contribution < 1.29 is 9.47 Å². The van der Waals surface area contributed by atoms with Gasteiger partial charge in [-0.3, -0.25) is 0 Å². The Morgan fingerprint density at radius 3 is 2.59 bits per heavy atom. The van der Waals surface area contributed by atoms with Crippen molar-refractivity contribution in [1.29, 1.82) is 0 Å². The number of ether oxygens (including phenoxy) is 2. The molecule has 2 atom stereocenters. The number of hydrogen-bond acceptors (Lipinski definition) is 3. The van der Waals surface area contributed by atoms with Gasteiger partial charge in [-0.2, -0.15) is 0 Å². The zero-order valence-corrected chi connectivity index (χ0v) is 11.5. The molecule has 102 valence electrons. The van der Waals surface area contributed by atoms with E-state index in [1.54, 1.807) is 0 Å². The molecule has 0 spiro atoms. The number of nitrogens with two attached hydrogens (primary N) is 1. The lowest BCUT2D eigenvalue weighted by Crippen LogP contribution is -2.36. The van der Waals surface area contributed by atoms with Crippen molar-refractivity contribution in [1.82, 2.24) is 0 Å². The third-order valence-corrected chi connectivity index (χ3v) is 3.40. The zero-order chi connectivity index (χ0) is 12.5. The molecular formula is C14H29NO2. The minimum Gasteiger partial charge on any atom is -0.379 e. The molecule has 1 aliphatic rings. The van der Waals surface area contributed by atoms with Gasteiger partial charge in [0.15, 0.2) is 0 Å². The Balaban J connectivity index is 2.00. The highest BCUT2D eigenvalue weighted by molar-refractivity contribution is 4.76. The molecule has 0 aliphatic heterocycles. The molecule has 0 aromatic heterocycles. The molecule has 0 aromatic carbocycles. The fourth-order valence-corrected chi connectivity index (χ4v) is 2.19. The van der Waals surface area contributed by atoms with Crippen LogP contribution in [0.15, 0.2) is 0 Å². The summed E-state index contributed by atoms with van der Waals surface area (Å²) in [5.41, 5.74) is 6.09. The molecule has 0 heterocycles. The average Bonchev–Trinajstić information content (AvgIpc) is 2.48. The van der Waals surface area contributed by atoms with E-state index in [0.29, 0.717) is 19.1 Å². The molecule has 1 saturated carbocycles. The smallest absolute Gasteiger partial charge is 0.0727 e. The lowest BCUT2D eigenvalue weighted by atomic mass is 10.1. The van der Waals surface area contributed by atoms with Crippen molar-refractivity contribution in [2.75, 3.05) is 19.8 Å². The van der Waals surface area contributed by atoms with E-state index in [0.717, 1.165) is 25.9 Å². The maximum Gasteiger partial charge on any atom is 0.0727 e. The van der Waals surface area contributed by atoms with Gasteiger partial charge in [-0.05, 0) is 25.2 Å². The first-order chi connectivity index (χ1) is 8.20. The van der Waals surface area contributed by atoms with E-state index in [4.69, 9.17) is 15.2 Å². The van der Waals surface area contributed by atoms with Crippen molar-refractivity contribution >= 4 is 0 Å². The van der Waals surface area contributed by atoms with Crippen LogP contribution in [0.5, 0.6) is 0 Å². The highest BCUT2D eigenvalue weighted by Gasteiger charge is 2.20. The second kappa shape index (κ2) is 8.90. The summed E-state index contributed by atoms with van der Waals surface area (Å²) in [6.45, 7) is 6.67. The van der Waals surface area contributed by atoms with Crippen LogP contribution in [0.2, 0.25) is 0 Å². The average molecular weight is 243 g/mol. The van der Waals surface area contributed by atoms with Gasteiger partial charge in [0.1, 0.15) is 0 Å². The lowest BCUT2D eigenvalue weighted by Gasteiger charge is -2.21. The summed E-state index contributed by atoms with van der Waals surface area (Å²) < 4.78 is 11.4. The second-order valence-electron chi connectivity index (χ2n) is 5.51. The summed E-state index contributed by atoms with van der Waals surface area (Å²) in [7, 11) is 0. The van der Waals surface area contributed by atoms with E-state index in [9.17, 15) is 0 Å². The molecule has 2 N–H and O–H groups in total. The maximum atomic E-state index is 6.09. The molecular weight excluding hydrogens is 214 g/mol. The minimum atomic E-state index is 0.230. The largest absolute Gasteiger partial charge is 0.379 e. The Kier molecular flexibility index (Phi) is 7.82. The standard InChI is InChI=1S/C14H29NO2/c1-12(2)8-9-16-10-11-17-14-7-5-3-4-6-13(14)15/h12-14H,3-11,15H2,1-2H3. The van der Waals surface area contributed by atoms with Gasteiger partial charge in [0.25, 0.3) is 0 Å². The van der Waals surface area contributed by atoms with Crippen LogP contribution >= 0.6 is 0 Å². The first kappa shape index (κ1) is 14.9. The van der Waals surface area contributed by atoms with Crippen LogP contribution in [0, 0.1) is 5.92 Å². The Morgan fingerprint density at radius 2 is 1.82 bits per heavy atom. The quantitative estimate of drug-likeness (QED) is 0.552. The molecule has 2 unspecified atom stereocenters. The molecule has 0 bridgehead atoms. The first-order valence-electron chi connectivity index (χ1n) is 7.15. The van der Waals surface area contributed by atoms with Gasteiger partial charge in [0.2, 0.25) is 0 Å². The van der Waals surface area contributed by atoms with Crippen LogP contribution in [0.25, 0.3) is 0 Å². The van der Waals surface area contributed by atoms with E-state index < -0.39 is 0 Å². The highest BCUT2D eigenvalue weighted by atomic mass is 16.5. The van der Waals surface area contributed by atoms with Crippen molar-refractivity contribution in [2.45, 2.75) is 64.5 Å². The molecule has 1 aliphatic carbocycles. The highest BCUT2D eigenvalue weighted by Crippen LogP contribution is 2.19. The summed E-state index contributed by atoms with van der Waals surface area (Å²) >= 11 is 0. The topological polar surface area (TPSA) is 44.5 Å². The molecule has 1 fully saturated rings. The predicted molar refractivity (Wildman–Crippen MR) is 71.1 cm³/mol. The third kappa shape index (κ3) is 7.02. The van der Waals surface area contributed by atoms with Gasteiger partial charge in [0.05, 0.1) is 19.3 Å². The molecule has 0 saturated heterocycles. The molecule has 3 nitrogen and oxygen atoms in total. The van der Waals surface area contributed by atoms with E-state index in [1.807, 2.05) is 0 Å². The van der Waals surface area contributed by atoms with Crippen molar-refractivity contribution in [3.8, 4) is 0 Å². The van der Waals surface area contributed by atoms with E-state index >= 15 is 0 Å². The Labute approximate surface area is 106 Å². The van der Waals surface area contributed by atoms with Crippen molar-refractivity contribution in [3.05, 3.63) is 0 Å². The molecule has 0 amide bonds. The van der Waals surface area contributed by atoms with E-state index in [-0.39, 0.29) is 12.1 Å². The van der Waals surface area contributed by atoms with Crippen LogP contribution in [0.1, 0.15) is 52.4 Å². The van der Waals surface area contributed by atoms with Crippen LogP contribution in [-0.4, -0.2) is 32.0 Å². The van der Waals surface area contributed by atoms with Gasteiger partial charge < -0.3 is 15.2 Å². The summed E-state index contributed by atoms with van der Waals surface area (Å²) in [6.07, 6.45) is 7.43. The van der Waals surface area contributed by atoms with Gasteiger partial charge >= 0.3 is 0 Å². The predicted octanol–water partition coefficient (Wildman–Crippen LogP) is 2.73. The first-order valence-corrected chi connectivity index (χ1v) is 7.15. The van der Waals surface area contributed by atoms with Crippen molar-refractivity contribution in [2.24, 2.45) is 11.7 Å². The maximum absolute atomic E-state index is 6.09. The van der Waals surface area contributed by atoms with Gasteiger partial charge in [-0.25, -0.2) is 0 Å². The summed E-state index contributed by atoms with van der Waals surface area (Å²) in [4.78, 5) is 0. The number of hydrogen-bond donors (Lipinski definition) is 1. The minimum absolute atomic E-state index is 0.230. The fourth-order valence-electron chi connectivity index (χ4n) is 2.19. The molecule has 1 rings (SSSR count). The van der Waals surface area contributed by atoms with Crippen LogP contribution in [0.3, 0.4) is 0 Å². The SMILES string of the molecule is CC(C)CCOCCOC1CCCCCC1N. The summed E-state index contributed by atoms with van der Waals surface area (Å²) in [6, 6.07) is 0.230. The van der Waals surface area contributed by atoms with Crippen LogP contribution < -0.4 is 5.73 Å². The molecule has 0 radical (unpaired) electrons. The summed E-state index contributed by atoms with van der Waals surface area (Å²) in [5.74, 6) is 0.714. The molecule has 0 aromatic rings.